The van der Waals surface area contributed by atoms with Crippen LogP contribution in [0.25, 0.3) is 0 Å². The van der Waals surface area contributed by atoms with E-state index in [0.29, 0.717) is 24.2 Å². The number of aliphatic hydroxyl groups is 1. The molecule has 1 spiro atoms. The molecule has 2 bridgehead atoms. The first-order valence-electron chi connectivity index (χ1n) is 13.2. The molecule has 39 heavy (non-hydrogen) atoms. The SMILES string of the molecule is CC(=O)O[C@H](C(=O)O[C@@H](C)C(=O)OC1=CC[C@]2(O)[C@H]3CCC[C@]24c2c(ccc(O)c2O[C@H]14)C3)c1ccccc1. The minimum absolute atomic E-state index is 0.0184. The van der Waals surface area contributed by atoms with Gasteiger partial charge in [0.2, 0.25) is 6.10 Å². The van der Waals surface area contributed by atoms with E-state index in [2.05, 4.69) is 0 Å². The second-order valence-corrected chi connectivity index (χ2v) is 10.8. The van der Waals surface area contributed by atoms with Crippen molar-refractivity contribution in [3.63, 3.8) is 0 Å². The molecule has 2 aromatic carbocycles. The largest absolute Gasteiger partial charge is 0.504 e. The summed E-state index contributed by atoms with van der Waals surface area (Å²) < 4.78 is 22.6. The lowest BCUT2D eigenvalue weighted by molar-refractivity contribution is -0.179. The number of phenolic OH excluding ortho intramolecular Hbond substituents is 1. The summed E-state index contributed by atoms with van der Waals surface area (Å²) in [5.74, 6) is -1.87. The van der Waals surface area contributed by atoms with Crippen molar-refractivity contribution in [1.82, 2.24) is 0 Å². The first kappa shape index (κ1) is 25.4. The molecule has 4 aliphatic rings. The summed E-state index contributed by atoms with van der Waals surface area (Å²) in [6.07, 6.45) is 1.53. The molecule has 1 saturated carbocycles. The summed E-state index contributed by atoms with van der Waals surface area (Å²) in [5, 5.41) is 22.7. The van der Waals surface area contributed by atoms with E-state index in [4.69, 9.17) is 18.9 Å². The standard InChI is InChI=1S/C30H30O9/c1-16(36-28(34)24(37-17(2)31)18-7-4-3-5-8-18)27(33)38-22-12-14-30(35)20-9-6-13-29(30)23-19(15-20)10-11-21(32)25(23)39-26(22)29/h3-5,7-8,10-12,16,20,24,26,32,35H,6,9,13-15H2,1-2H3/t16-,20-,24-,26+,29+,30-/m0/s1. The van der Waals surface area contributed by atoms with Crippen LogP contribution in [0.4, 0.5) is 0 Å². The molecule has 2 N–H and O–H groups in total. The van der Waals surface area contributed by atoms with Crippen molar-refractivity contribution in [2.24, 2.45) is 5.92 Å². The van der Waals surface area contributed by atoms with Crippen molar-refractivity contribution in [2.45, 2.75) is 75.3 Å². The number of carbonyl (C=O) groups excluding carboxylic acids is 3. The second kappa shape index (κ2) is 9.12. The van der Waals surface area contributed by atoms with Gasteiger partial charge in [0.25, 0.3) is 0 Å². The van der Waals surface area contributed by atoms with E-state index in [0.717, 1.165) is 24.0 Å². The maximum atomic E-state index is 13.2. The van der Waals surface area contributed by atoms with Gasteiger partial charge in [-0.2, -0.15) is 0 Å². The third-order valence-electron chi connectivity index (χ3n) is 8.71. The van der Waals surface area contributed by atoms with E-state index < -0.39 is 47.2 Å². The topological polar surface area (TPSA) is 129 Å². The smallest absolute Gasteiger partial charge is 0.353 e. The van der Waals surface area contributed by atoms with Crippen LogP contribution in [0.5, 0.6) is 11.5 Å². The Bertz CT molecular complexity index is 1380. The Labute approximate surface area is 225 Å². The van der Waals surface area contributed by atoms with Crippen molar-refractivity contribution < 1.29 is 43.5 Å². The number of carbonyl (C=O) groups is 3. The molecule has 1 heterocycles. The van der Waals surface area contributed by atoms with Gasteiger partial charge in [-0.1, -0.05) is 42.8 Å². The first-order chi connectivity index (χ1) is 18.7. The van der Waals surface area contributed by atoms with Crippen LogP contribution in [-0.2, 0) is 40.4 Å². The minimum Gasteiger partial charge on any atom is -0.504 e. The van der Waals surface area contributed by atoms with E-state index in [1.165, 1.54) is 13.8 Å². The third-order valence-corrected chi connectivity index (χ3v) is 8.71. The van der Waals surface area contributed by atoms with Gasteiger partial charge in [-0.15, -0.1) is 0 Å². The Hall–Kier alpha value is -3.85. The van der Waals surface area contributed by atoms with Gasteiger partial charge in [0.15, 0.2) is 23.7 Å². The fraction of sp³-hybridized carbons (Fsp3) is 0.433. The molecule has 6 rings (SSSR count). The van der Waals surface area contributed by atoms with Gasteiger partial charge < -0.3 is 29.2 Å². The van der Waals surface area contributed by atoms with Crippen molar-refractivity contribution in [1.29, 1.82) is 0 Å². The van der Waals surface area contributed by atoms with Crippen LogP contribution in [0.3, 0.4) is 0 Å². The van der Waals surface area contributed by atoms with Gasteiger partial charge in [0.05, 0.1) is 11.0 Å². The molecule has 0 radical (unpaired) electrons. The Kier molecular flexibility index (Phi) is 5.95. The van der Waals surface area contributed by atoms with Crippen LogP contribution in [0.1, 0.15) is 62.3 Å². The lowest BCUT2D eigenvalue weighted by Gasteiger charge is -2.59. The summed E-state index contributed by atoms with van der Waals surface area (Å²) in [5.41, 5.74) is 0.299. The molecule has 204 valence electrons. The van der Waals surface area contributed by atoms with Crippen molar-refractivity contribution >= 4 is 17.9 Å². The normalized spacial score (nSPS) is 29.2. The van der Waals surface area contributed by atoms with E-state index in [-0.39, 0.29) is 23.8 Å². The molecule has 0 unspecified atom stereocenters. The maximum Gasteiger partial charge on any atom is 0.353 e. The van der Waals surface area contributed by atoms with E-state index >= 15 is 0 Å². The van der Waals surface area contributed by atoms with Gasteiger partial charge >= 0.3 is 17.9 Å². The molecule has 3 aliphatic carbocycles. The summed E-state index contributed by atoms with van der Waals surface area (Å²) in [6.45, 7) is 2.56. The van der Waals surface area contributed by atoms with Crippen LogP contribution >= 0.6 is 0 Å². The molecule has 0 aromatic heterocycles. The third kappa shape index (κ3) is 3.74. The average molecular weight is 535 g/mol. The number of hydrogen-bond acceptors (Lipinski definition) is 9. The van der Waals surface area contributed by atoms with Crippen LogP contribution in [-0.4, -0.2) is 45.9 Å². The van der Waals surface area contributed by atoms with Crippen molar-refractivity contribution in [3.05, 3.63) is 71.0 Å². The maximum absolute atomic E-state index is 13.2. The second-order valence-electron chi connectivity index (χ2n) is 10.8. The fourth-order valence-electron chi connectivity index (χ4n) is 7.06. The van der Waals surface area contributed by atoms with E-state index in [9.17, 15) is 24.6 Å². The van der Waals surface area contributed by atoms with Crippen LogP contribution in [0, 0.1) is 5.92 Å². The zero-order valence-corrected chi connectivity index (χ0v) is 21.7. The quantitative estimate of drug-likeness (QED) is 0.422. The lowest BCUT2D eigenvalue weighted by Crippen LogP contribution is -2.67. The number of aromatic hydroxyl groups is 1. The molecular formula is C30H30O9. The number of hydrogen-bond donors (Lipinski definition) is 2. The Morgan fingerprint density at radius 1 is 1.08 bits per heavy atom. The highest BCUT2D eigenvalue weighted by molar-refractivity contribution is 5.84. The monoisotopic (exact) mass is 534 g/mol. The number of esters is 3. The van der Waals surface area contributed by atoms with Gasteiger partial charge in [-0.25, -0.2) is 9.59 Å². The molecule has 1 aliphatic heterocycles. The average Bonchev–Trinajstić information content (AvgIpc) is 3.26. The summed E-state index contributed by atoms with van der Waals surface area (Å²) in [6, 6.07) is 11.9. The highest BCUT2D eigenvalue weighted by Crippen LogP contribution is 2.67. The molecule has 0 amide bonds. The molecule has 1 fully saturated rings. The zero-order chi connectivity index (χ0) is 27.5. The van der Waals surface area contributed by atoms with Crippen molar-refractivity contribution in [3.8, 4) is 11.5 Å². The van der Waals surface area contributed by atoms with Crippen LogP contribution in [0.15, 0.2) is 54.3 Å². The molecule has 6 atom stereocenters. The lowest BCUT2D eigenvalue weighted by atomic mass is 9.47. The molecule has 0 saturated heterocycles. The first-order valence-corrected chi connectivity index (χ1v) is 13.2. The number of benzene rings is 2. The molecule has 9 nitrogen and oxygen atoms in total. The van der Waals surface area contributed by atoms with Gasteiger partial charge in [-0.05, 0) is 56.2 Å². The van der Waals surface area contributed by atoms with Gasteiger partial charge in [0, 0.05) is 18.1 Å². The highest BCUT2D eigenvalue weighted by Gasteiger charge is 2.70. The number of rotatable bonds is 6. The molecule has 9 heteroatoms. The fourth-order valence-corrected chi connectivity index (χ4v) is 7.06. The molecule has 2 aromatic rings. The highest BCUT2D eigenvalue weighted by atomic mass is 16.6. The Morgan fingerprint density at radius 3 is 2.59 bits per heavy atom. The summed E-state index contributed by atoms with van der Waals surface area (Å²) >= 11 is 0. The Morgan fingerprint density at radius 2 is 1.85 bits per heavy atom. The van der Waals surface area contributed by atoms with E-state index in [1.54, 1.807) is 42.5 Å². The zero-order valence-electron chi connectivity index (χ0n) is 21.7. The van der Waals surface area contributed by atoms with Crippen LogP contribution in [0.2, 0.25) is 0 Å². The Balaban J connectivity index is 1.24. The van der Waals surface area contributed by atoms with Crippen molar-refractivity contribution in [2.75, 3.05) is 0 Å². The molecular weight excluding hydrogens is 504 g/mol. The van der Waals surface area contributed by atoms with Crippen LogP contribution < -0.4 is 4.74 Å². The predicted octanol–water partition coefficient (Wildman–Crippen LogP) is 3.55. The van der Waals surface area contributed by atoms with Gasteiger partial charge in [-0.3, -0.25) is 4.79 Å². The number of ether oxygens (including phenoxy) is 4. The number of phenols is 1. The summed E-state index contributed by atoms with van der Waals surface area (Å²) in [4.78, 5) is 37.7. The predicted molar refractivity (Wildman–Crippen MR) is 135 cm³/mol. The summed E-state index contributed by atoms with van der Waals surface area (Å²) in [7, 11) is 0. The van der Waals surface area contributed by atoms with Gasteiger partial charge in [0.1, 0.15) is 5.76 Å². The van der Waals surface area contributed by atoms with E-state index in [1.807, 2.05) is 6.07 Å². The minimum atomic E-state index is -1.34.